The lowest BCUT2D eigenvalue weighted by atomic mass is 10.0. The zero-order valence-corrected chi connectivity index (χ0v) is 13.3. The molecule has 0 spiro atoms. The monoisotopic (exact) mass is 330 g/mol. The van der Waals surface area contributed by atoms with Crippen LogP contribution in [0.15, 0.2) is 30.3 Å². The zero-order chi connectivity index (χ0) is 16.0. The maximum Gasteiger partial charge on any atom is 0.350 e. The highest BCUT2D eigenvalue weighted by Crippen LogP contribution is 2.34. The van der Waals surface area contributed by atoms with E-state index in [9.17, 15) is 14.7 Å². The van der Waals surface area contributed by atoms with Crippen molar-refractivity contribution in [2.75, 3.05) is 12.3 Å². The van der Waals surface area contributed by atoms with Crippen LogP contribution in [0, 0.1) is 0 Å². The SMILES string of the molecule is CCCN(C(=O)[C@@H](N)CS)[C@](Cl)(C(=O)O)c1ccccc1. The fourth-order valence-electron chi connectivity index (χ4n) is 1.97. The molecule has 0 fully saturated rings. The molecule has 0 heterocycles. The summed E-state index contributed by atoms with van der Waals surface area (Å²) in [5.41, 5.74) is 6.02. The van der Waals surface area contributed by atoms with Crippen LogP contribution < -0.4 is 5.73 Å². The Morgan fingerprint density at radius 2 is 2.00 bits per heavy atom. The summed E-state index contributed by atoms with van der Waals surface area (Å²) in [4.78, 5) is 23.3. The second-order valence-electron chi connectivity index (χ2n) is 4.57. The van der Waals surface area contributed by atoms with E-state index >= 15 is 0 Å². The average Bonchev–Trinajstić information content (AvgIpc) is 2.51. The van der Waals surface area contributed by atoms with Crippen LogP contribution in [0.4, 0.5) is 0 Å². The van der Waals surface area contributed by atoms with E-state index in [0.29, 0.717) is 12.0 Å². The molecule has 21 heavy (non-hydrogen) atoms. The fourth-order valence-corrected chi connectivity index (χ4v) is 2.42. The van der Waals surface area contributed by atoms with Crippen molar-refractivity contribution in [3.63, 3.8) is 0 Å². The summed E-state index contributed by atoms with van der Waals surface area (Å²) >= 11 is 10.4. The molecule has 0 aliphatic heterocycles. The third-order valence-corrected chi connectivity index (χ3v) is 4.02. The highest BCUT2D eigenvalue weighted by atomic mass is 35.5. The number of hydrogen-bond donors (Lipinski definition) is 3. The van der Waals surface area contributed by atoms with Gasteiger partial charge in [0.15, 0.2) is 0 Å². The van der Waals surface area contributed by atoms with E-state index in [1.165, 1.54) is 0 Å². The maximum absolute atomic E-state index is 12.4. The molecule has 0 unspecified atom stereocenters. The molecule has 3 N–H and O–H groups in total. The number of thiol groups is 1. The van der Waals surface area contributed by atoms with Gasteiger partial charge in [-0.15, -0.1) is 0 Å². The molecule has 0 aromatic heterocycles. The molecule has 0 radical (unpaired) electrons. The molecular weight excluding hydrogens is 312 g/mol. The van der Waals surface area contributed by atoms with Gasteiger partial charge in [0.2, 0.25) is 10.9 Å². The van der Waals surface area contributed by atoms with Gasteiger partial charge in [0.25, 0.3) is 0 Å². The van der Waals surface area contributed by atoms with Crippen LogP contribution in [0.2, 0.25) is 0 Å². The molecule has 0 saturated heterocycles. The van der Waals surface area contributed by atoms with Crippen LogP contribution in [-0.4, -0.2) is 40.2 Å². The first kappa shape index (κ1) is 17.8. The Labute approximate surface area is 134 Å². The van der Waals surface area contributed by atoms with E-state index in [2.05, 4.69) is 12.6 Å². The molecule has 7 heteroatoms. The molecule has 0 aliphatic rings. The van der Waals surface area contributed by atoms with Gasteiger partial charge in [-0.05, 0) is 6.42 Å². The molecule has 2 atom stereocenters. The largest absolute Gasteiger partial charge is 0.478 e. The van der Waals surface area contributed by atoms with Crippen LogP contribution in [0.3, 0.4) is 0 Å². The van der Waals surface area contributed by atoms with E-state index in [1.807, 2.05) is 6.92 Å². The number of benzene rings is 1. The van der Waals surface area contributed by atoms with Crippen molar-refractivity contribution in [1.29, 1.82) is 0 Å². The van der Waals surface area contributed by atoms with Gasteiger partial charge in [-0.1, -0.05) is 48.9 Å². The number of carbonyl (C=O) groups excluding carboxylic acids is 1. The quantitative estimate of drug-likeness (QED) is 0.403. The molecule has 1 aromatic rings. The van der Waals surface area contributed by atoms with E-state index in [4.69, 9.17) is 17.3 Å². The van der Waals surface area contributed by atoms with Gasteiger partial charge >= 0.3 is 5.97 Å². The summed E-state index contributed by atoms with van der Waals surface area (Å²) in [5, 5.41) is 9.60. The van der Waals surface area contributed by atoms with Crippen LogP contribution >= 0.6 is 24.2 Å². The second-order valence-corrected chi connectivity index (χ2v) is 5.48. The summed E-state index contributed by atoms with van der Waals surface area (Å²) in [7, 11) is 0. The fraction of sp³-hybridized carbons (Fsp3) is 0.429. The Morgan fingerprint density at radius 3 is 2.43 bits per heavy atom. The zero-order valence-electron chi connectivity index (χ0n) is 11.7. The number of nitrogens with zero attached hydrogens (tertiary/aromatic N) is 1. The van der Waals surface area contributed by atoms with Crippen molar-refractivity contribution in [2.45, 2.75) is 24.4 Å². The molecule has 5 nitrogen and oxygen atoms in total. The summed E-state index contributed by atoms with van der Waals surface area (Å²) in [5.74, 6) is -1.74. The van der Waals surface area contributed by atoms with Crippen LogP contribution in [0.25, 0.3) is 0 Å². The first-order chi connectivity index (χ1) is 9.89. The Bertz CT molecular complexity index is 500. The molecule has 0 bridgehead atoms. The van der Waals surface area contributed by atoms with E-state index < -0.39 is 22.9 Å². The van der Waals surface area contributed by atoms with Crippen molar-refractivity contribution in [3.8, 4) is 0 Å². The number of nitrogens with two attached hydrogens (primary N) is 1. The minimum Gasteiger partial charge on any atom is -0.478 e. The van der Waals surface area contributed by atoms with Gasteiger partial charge in [-0.25, -0.2) is 4.79 Å². The number of carboxylic acids is 1. The minimum atomic E-state index is -1.98. The van der Waals surface area contributed by atoms with Gasteiger partial charge in [0.1, 0.15) is 0 Å². The summed E-state index contributed by atoms with van der Waals surface area (Å²) in [6.45, 7) is 2.02. The van der Waals surface area contributed by atoms with Gasteiger partial charge in [0.05, 0.1) is 6.04 Å². The van der Waals surface area contributed by atoms with Gasteiger partial charge in [-0.2, -0.15) is 12.6 Å². The van der Waals surface area contributed by atoms with Gasteiger partial charge in [0, 0.05) is 17.9 Å². The van der Waals surface area contributed by atoms with Crippen molar-refractivity contribution in [3.05, 3.63) is 35.9 Å². The highest BCUT2D eigenvalue weighted by Gasteiger charge is 2.47. The Balaban J connectivity index is 3.33. The van der Waals surface area contributed by atoms with Crippen molar-refractivity contribution in [1.82, 2.24) is 4.90 Å². The number of amides is 1. The topological polar surface area (TPSA) is 83.6 Å². The normalized spacial score (nSPS) is 15.0. The smallest absolute Gasteiger partial charge is 0.350 e. The third-order valence-electron chi connectivity index (χ3n) is 3.04. The first-order valence-corrected chi connectivity index (χ1v) is 7.56. The van der Waals surface area contributed by atoms with Crippen molar-refractivity contribution in [2.24, 2.45) is 5.73 Å². The van der Waals surface area contributed by atoms with E-state index in [0.717, 1.165) is 4.90 Å². The van der Waals surface area contributed by atoms with E-state index in [1.54, 1.807) is 30.3 Å². The summed E-state index contributed by atoms with van der Waals surface area (Å²) in [6.07, 6.45) is 0.555. The predicted octanol–water partition coefficient (Wildman–Crippen LogP) is 1.66. The van der Waals surface area contributed by atoms with Crippen molar-refractivity contribution >= 4 is 36.1 Å². The van der Waals surface area contributed by atoms with Crippen molar-refractivity contribution < 1.29 is 14.7 Å². The number of rotatable bonds is 7. The molecule has 0 saturated carbocycles. The number of hydrogen-bond acceptors (Lipinski definition) is 4. The number of carbonyl (C=O) groups is 2. The molecule has 116 valence electrons. The lowest BCUT2D eigenvalue weighted by Crippen LogP contribution is -2.56. The van der Waals surface area contributed by atoms with E-state index in [-0.39, 0.29) is 12.3 Å². The number of halogens is 1. The maximum atomic E-state index is 12.4. The van der Waals surface area contributed by atoms with Gasteiger partial charge < -0.3 is 15.7 Å². The molecule has 1 aromatic carbocycles. The lowest BCUT2D eigenvalue weighted by Gasteiger charge is -2.37. The summed E-state index contributed by atoms with van der Waals surface area (Å²) < 4.78 is 0. The Kier molecular flexibility index (Phi) is 6.51. The summed E-state index contributed by atoms with van der Waals surface area (Å²) in [6, 6.07) is 7.33. The molecule has 0 aliphatic carbocycles. The Hall–Kier alpha value is -1.24. The molecule has 1 rings (SSSR count). The van der Waals surface area contributed by atoms with Crippen LogP contribution in [0.1, 0.15) is 18.9 Å². The second kappa shape index (κ2) is 7.68. The average molecular weight is 331 g/mol. The first-order valence-electron chi connectivity index (χ1n) is 6.55. The molecule has 1 amide bonds. The van der Waals surface area contributed by atoms with Crippen LogP contribution in [-0.2, 0) is 14.6 Å². The number of aliphatic carboxylic acids is 1. The standard InChI is InChI=1S/C14H19ClN2O3S/c1-2-8-17(12(18)11(16)9-21)14(15,13(19)20)10-6-4-3-5-7-10/h3-7,11,21H,2,8-9,16H2,1H3,(H,19,20)/t11-,14-/m0/s1. The number of alkyl halides is 1. The van der Waals surface area contributed by atoms with Gasteiger partial charge in [-0.3, -0.25) is 4.79 Å². The highest BCUT2D eigenvalue weighted by molar-refractivity contribution is 7.80. The Morgan fingerprint density at radius 1 is 1.43 bits per heavy atom. The number of carboxylic acid groups (broad SMARTS) is 1. The molecular formula is C14H19ClN2O3S. The lowest BCUT2D eigenvalue weighted by molar-refractivity contribution is -0.154. The van der Waals surface area contributed by atoms with Crippen LogP contribution in [0.5, 0.6) is 0 Å². The predicted molar refractivity (Wildman–Crippen MR) is 85.4 cm³/mol. The minimum absolute atomic E-state index is 0.112. The third kappa shape index (κ3) is 3.70.